The number of aliphatic carboxylic acids is 1. The minimum atomic E-state index is -1.05. The molecule has 0 spiro atoms. The van der Waals surface area contributed by atoms with Crippen LogP contribution in [0.1, 0.15) is 40.7 Å². The van der Waals surface area contributed by atoms with Gasteiger partial charge in [0.1, 0.15) is 31.3 Å². The number of ether oxygens (including phenoxy) is 5. The van der Waals surface area contributed by atoms with Gasteiger partial charge in [0, 0.05) is 31.3 Å². The van der Waals surface area contributed by atoms with Gasteiger partial charge in [-0.25, -0.2) is 0 Å². The number of carboxylic acid groups (broad SMARTS) is 1. The van der Waals surface area contributed by atoms with Crippen LogP contribution in [0.4, 0.5) is 0 Å². The Bertz CT molecular complexity index is 1160. The van der Waals surface area contributed by atoms with Crippen molar-refractivity contribution in [3.05, 3.63) is 72.3 Å². The third-order valence-corrected chi connectivity index (χ3v) is 6.33. The lowest BCUT2D eigenvalue weighted by Crippen LogP contribution is -2.38. The molecule has 0 aromatic heterocycles. The van der Waals surface area contributed by atoms with Gasteiger partial charge >= 0.3 is 5.97 Å². The average Bonchev–Trinajstić information content (AvgIpc) is 2.95. The molecule has 0 amide bonds. The molecule has 0 radical (unpaired) electrons. The van der Waals surface area contributed by atoms with Gasteiger partial charge in [0.2, 0.25) is 0 Å². The van der Waals surface area contributed by atoms with Crippen molar-refractivity contribution >= 4 is 11.8 Å². The molecule has 0 bridgehead atoms. The summed E-state index contributed by atoms with van der Waals surface area (Å²) in [5.74, 6) is -0.915. The van der Waals surface area contributed by atoms with Gasteiger partial charge in [-0.15, -0.1) is 0 Å². The number of ketones is 1. The number of nitrogens with zero attached hydrogens (tertiary/aromatic N) is 1. The van der Waals surface area contributed by atoms with Crippen LogP contribution >= 0.6 is 0 Å². The third-order valence-electron chi connectivity index (χ3n) is 6.33. The topological polar surface area (TPSA) is 104 Å². The number of carbonyl (C=O) groups excluding carboxylic acids is 1. The van der Waals surface area contributed by atoms with Crippen LogP contribution in [0.15, 0.2) is 55.6 Å². The predicted molar refractivity (Wildman–Crippen MR) is 148 cm³/mol. The maximum absolute atomic E-state index is 14.0. The molecule has 1 atom stereocenters. The molecule has 1 unspecified atom stereocenters. The van der Waals surface area contributed by atoms with Crippen molar-refractivity contribution in [2.75, 3.05) is 59.8 Å². The van der Waals surface area contributed by atoms with Crippen LogP contribution in [0.5, 0.6) is 23.0 Å². The lowest BCUT2D eigenvalue weighted by atomic mass is 9.87. The van der Waals surface area contributed by atoms with E-state index in [9.17, 15) is 14.7 Å². The van der Waals surface area contributed by atoms with Crippen molar-refractivity contribution in [3.63, 3.8) is 0 Å². The number of carbonyl (C=O) groups is 2. The van der Waals surface area contributed by atoms with Gasteiger partial charge in [-0.1, -0.05) is 32.2 Å². The SMILES string of the molecule is C=CCOc1cc(OCC=C)c(C(=O)c2ccc(OC)c(OCCN3CCOCC3)c2)c(C(CC)C(=O)O)c1. The van der Waals surface area contributed by atoms with Crippen LogP contribution in [0.25, 0.3) is 0 Å². The molecule has 2 aromatic carbocycles. The zero-order chi connectivity index (χ0) is 28.2. The van der Waals surface area contributed by atoms with E-state index in [0.29, 0.717) is 54.7 Å². The van der Waals surface area contributed by atoms with Crippen molar-refractivity contribution in [3.8, 4) is 23.0 Å². The Balaban J connectivity index is 2.01. The molecule has 9 heteroatoms. The monoisotopic (exact) mass is 539 g/mol. The first-order valence-electron chi connectivity index (χ1n) is 13.0. The summed E-state index contributed by atoms with van der Waals surface area (Å²) >= 11 is 0. The molecule has 1 saturated heterocycles. The molecule has 3 rings (SSSR count). The summed E-state index contributed by atoms with van der Waals surface area (Å²) in [6.07, 6.45) is 3.39. The van der Waals surface area contributed by atoms with Crippen LogP contribution in [0.3, 0.4) is 0 Å². The molecular weight excluding hydrogens is 502 g/mol. The number of benzene rings is 2. The van der Waals surface area contributed by atoms with Crippen LogP contribution < -0.4 is 18.9 Å². The molecule has 2 aromatic rings. The molecule has 0 aliphatic carbocycles. The average molecular weight is 540 g/mol. The molecule has 0 saturated carbocycles. The molecule has 1 heterocycles. The van der Waals surface area contributed by atoms with E-state index < -0.39 is 17.7 Å². The smallest absolute Gasteiger partial charge is 0.310 e. The second-order valence-electron chi connectivity index (χ2n) is 8.88. The standard InChI is InChI=1S/C30H37NO8/c1-5-13-37-22-19-24(23(7-3)30(33)34)28(27(20-22)38-14-6-2)29(32)21-8-9-25(35-4)26(18-21)39-17-12-31-10-15-36-16-11-31/h5-6,8-9,18-20,23H,1-2,7,10-17H2,3-4H3,(H,33,34). The van der Waals surface area contributed by atoms with E-state index in [0.717, 1.165) is 13.1 Å². The number of rotatable bonds is 16. The molecule has 1 aliphatic heterocycles. The number of hydrogen-bond acceptors (Lipinski definition) is 8. The lowest BCUT2D eigenvalue weighted by Gasteiger charge is -2.26. The molecule has 210 valence electrons. The highest BCUT2D eigenvalue weighted by Gasteiger charge is 2.29. The van der Waals surface area contributed by atoms with Crippen molar-refractivity contribution in [1.29, 1.82) is 0 Å². The molecule has 9 nitrogen and oxygen atoms in total. The van der Waals surface area contributed by atoms with Gasteiger partial charge in [0.25, 0.3) is 0 Å². The quantitative estimate of drug-likeness (QED) is 0.246. The van der Waals surface area contributed by atoms with E-state index in [-0.39, 0.29) is 30.9 Å². The summed E-state index contributed by atoms with van der Waals surface area (Å²) in [6, 6.07) is 8.08. The zero-order valence-electron chi connectivity index (χ0n) is 22.6. The largest absolute Gasteiger partial charge is 0.493 e. The summed E-state index contributed by atoms with van der Waals surface area (Å²) in [5.41, 5.74) is 0.768. The maximum Gasteiger partial charge on any atom is 0.310 e. The minimum Gasteiger partial charge on any atom is -0.493 e. The Morgan fingerprint density at radius 2 is 1.74 bits per heavy atom. The Morgan fingerprint density at radius 1 is 1.03 bits per heavy atom. The first-order chi connectivity index (χ1) is 18.9. The van der Waals surface area contributed by atoms with Gasteiger partial charge in [0.15, 0.2) is 17.3 Å². The van der Waals surface area contributed by atoms with Crippen molar-refractivity contribution in [2.24, 2.45) is 0 Å². The summed E-state index contributed by atoms with van der Waals surface area (Å²) in [4.78, 5) is 28.5. The Morgan fingerprint density at radius 3 is 2.38 bits per heavy atom. The fraction of sp³-hybridized carbons (Fsp3) is 0.400. The fourth-order valence-corrected chi connectivity index (χ4v) is 4.34. The van der Waals surface area contributed by atoms with E-state index in [1.165, 1.54) is 7.11 Å². The van der Waals surface area contributed by atoms with Gasteiger partial charge in [-0.05, 0) is 36.2 Å². The van der Waals surface area contributed by atoms with Crippen molar-refractivity contribution in [2.45, 2.75) is 19.3 Å². The van der Waals surface area contributed by atoms with Crippen molar-refractivity contribution in [1.82, 2.24) is 4.90 Å². The first kappa shape index (κ1) is 29.7. The Kier molecular flexibility index (Phi) is 11.4. The highest BCUT2D eigenvalue weighted by Crippen LogP contribution is 2.38. The van der Waals surface area contributed by atoms with E-state index in [4.69, 9.17) is 23.7 Å². The minimum absolute atomic E-state index is 0.118. The Labute approximate surface area is 229 Å². The second kappa shape index (κ2) is 14.9. The van der Waals surface area contributed by atoms with Crippen molar-refractivity contribution < 1.29 is 38.4 Å². The zero-order valence-corrected chi connectivity index (χ0v) is 22.6. The van der Waals surface area contributed by atoms with Crippen LogP contribution in [0, 0.1) is 0 Å². The van der Waals surface area contributed by atoms with Gasteiger partial charge in [-0.3, -0.25) is 14.5 Å². The third kappa shape index (κ3) is 7.84. The van der Waals surface area contributed by atoms with Crippen LogP contribution in [0.2, 0.25) is 0 Å². The van der Waals surface area contributed by atoms with Crippen LogP contribution in [-0.2, 0) is 9.53 Å². The number of morpholine rings is 1. The van der Waals surface area contributed by atoms with Gasteiger partial charge in [0.05, 0.1) is 31.8 Å². The van der Waals surface area contributed by atoms with Crippen LogP contribution in [-0.4, -0.2) is 81.5 Å². The predicted octanol–water partition coefficient (Wildman–Crippen LogP) is 4.35. The summed E-state index contributed by atoms with van der Waals surface area (Å²) < 4.78 is 28.4. The molecule has 1 N–H and O–H groups in total. The van der Waals surface area contributed by atoms with E-state index >= 15 is 0 Å². The molecule has 1 aliphatic rings. The van der Waals surface area contributed by atoms with Gasteiger partial charge in [-0.2, -0.15) is 0 Å². The van der Waals surface area contributed by atoms with E-state index in [2.05, 4.69) is 18.1 Å². The molecule has 39 heavy (non-hydrogen) atoms. The normalized spacial score (nSPS) is 14.2. The highest BCUT2D eigenvalue weighted by atomic mass is 16.5. The summed E-state index contributed by atoms with van der Waals surface area (Å²) in [5, 5.41) is 9.98. The fourth-order valence-electron chi connectivity index (χ4n) is 4.34. The summed E-state index contributed by atoms with van der Waals surface area (Å²) in [7, 11) is 1.53. The second-order valence-corrected chi connectivity index (χ2v) is 8.88. The number of carboxylic acids is 1. The summed E-state index contributed by atoms with van der Waals surface area (Å²) in [6.45, 7) is 13.6. The highest BCUT2D eigenvalue weighted by molar-refractivity contribution is 6.12. The van der Waals surface area contributed by atoms with E-state index in [1.807, 2.05) is 0 Å². The number of methoxy groups -OCH3 is 1. The van der Waals surface area contributed by atoms with E-state index in [1.54, 1.807) is 49.4 Å². The maximum atomic E-state index is 14.0. The number of hydrogen-bond donors (Lipinski definition) is 1. The first-order valence-corrected chi connectivity index (χ1v) is 13.0. The molecular formula is C30H37NO8. The lowest BCUT2D eigenvalue weighted by molar-refractivity contribution is -0.138. The molecule has 1 fully saturated rings. The van der Waals surface area contributed by atoms with Gasteiger partial charge < -0.3 is 28.8 Å². The Hall–Kier alpha value is -3.82.